The van der Waals surface area contributed by atoms with Gasteiger partial charge in [0.05, 0.1) is 22.8 Å². The predicted molar refractivity (Wildman–Crippen MR) is 145 cm³/mol. The Bertz CT molecular complexity index is 1550. The van der Waals surface area contributed by atoms with E-state index in [9.17, 15) is 14.4 Å². The van der Waals surface area contributed by atoms with Crippen molar-refractivity contribution in [3.05, 3.63) is 101 Å². The predicted octanol–water partition coefficient (Wildman–Crippen LogP) is 1.33. The molecule has 2 aromatic carbocycles. The number of rotatable bonds is 7. The average Bonchev–Trinajstić information content (AvgIpc) is 3.66. The van der Waals surface area contributed by atoms with Gasteiger partial charge in [-0.25, -0.2) is 5.43 Å². The first-order valence-electron chi connectivity index (χ1n) is 12.6. The molecule has 6 rings (SSSR count). The van der Waals surface area contributed by atoms with Gasteiger partial charge in [0.2, 0.25) is 17.7 Å². The summed E-state index contributed by atoms with van der Waals surface area (Å²) in [4.78, 5) is 43.5. The summed E-state index contributed by atoms with van der Waals surface area (Å²) >= 11 is 6.25. The van der Waals surface area contributed by atoms with Crippen LogP contribution >= 0.6 is 11.6 Å². The molecule has 3 amide bonds. The second-order valence-electron chi connectivity index (χ2n) is 9.36. The number of nitrogens with one attached hydrogen (secondary N) is 2. The number of hydrogen-bond acceptors (Lipinski definition) is 8. The molecule has 1 atom stereocenters. The summed E-state index contributed by atoms with van der Waals surface area (Å²) in [6.07, 6.45) is 9.13. The van der Waals surface area contributed by atoms with Crippen molar-refractivity contribution in [1.82, 2.24) is 40.9 Å². The van der Waals surface area contributed by atoms with E-state index < -0.39 is 11.9 Å². The Morgan fingerprint density at radius 1 is 1.05 bits per heavy atom. The molecule has 202 valence electrons. The number of nitrogens with zero attached hydrogens (tertiary/aromatic N) is 7. The van der Waals surface area contributed by atoms with Gasteiger partial charge in [-0.15, -0.1) is 5.10 Å². The minimum atomic E-state index is -0.919. The summed E-state index contributed by atoms with van der Waals surface area (Å²) in [5.41, 5.74) is 6.46. The minimum absolute atomic E-state index is 0.239. The van der Waals surface area contributed by atoms with E-state index in [0.717, 1.165) is 11.3 Å². The molecule has 1 fully saturated rings. The molecule has 0 aliphatic carbocycles. The number of fused-ring (bicyclic) bond motifs is 1. The number of amides is 3. The molecule has 12 nitrogen and oxygen atoms in total. The molecule has 2 N–H and O–H groups in total. The minimum Gasteiger partial charge on any atom is -0.323 e. The normalized spacial score (nSPS) is 17.5. The molecular formula is C27H24ClN9O3. The molecule has 3 aromatic rings. The number of aromatic nitrogens is 4. The van der Waals surface area contributed by atoms with Crippen LogP contribution in [0, 0.1) is 0 Å². The van der Waals surface area contributed by atoms with Crippen LogP contribution < -0.4 is 15.6 Å². The van der Waals surface area contributed by atoms with Crippen molar-refractivity contribution in [3.63, 3.8) is 0 Å². The van der Waals surface area contributed by atoms with Crippen molar-refractivity contribution in [2.75, 3.05) is 24.5 Å². The fraction of sp³-hybridized carbons (Fsp3) is 0.185. The van der Waals surface area contributed by atoms with E-state index in [4.69, 9.17) is 11.6 Å². The van der Waals surface area contributed by atoms with E-state index in [-0.39, 0.29) is 31.3 Å². The molecule has 3 aliphatic heterocycles. The van der Waals surface area contributed by atoms with Crippen molar-refractivity contribution in [2.45, 2.75) is 12.5 Å². The fourth-order valence-electron chi connectivity index (χ4n) is 4.86. The third-order valence-electron chi connectivity index (χ3n) is 6.82. The maximum atomic E-state index is 13.7. The quantitative estimate of drug-likeness (QED) is 0.445. The van der Waals surface area contributed by atoms with Crippen molar-refractivity contribution in [1.29, 1.82) is 0 Å². The van der Waals surface area contributed by atoms with Gasteiger partial charge in [0.15, 0.2) is 0 Å². The van der Waals surface area contributed by atoms with Crippen LogP contribution in [-0.2, 0) is 20.8 Å². The number of hydrogen-bond donors (Lipinski definition) is 2. The SMILES string of the molecule is O=C(NC1=CN2NCC=C2C=C1)C(Cc1ccccc1)N1CC(=O)N(c2cc(Cl)ccc2-n2cnnn2)CC1=O. The highest BCUT2D eigenvalue weighted by atomic mass is 35.5. The standard InChI is InChI=1S/C27H24ClN9O3/c28-19-6-9-22(37-17-29-32-33-37)23(13-19)34-15-26(39)35(16-25(34)38)24(12-18-4-2-1-3-5-18)27(40)31-20-7-8-21-10-11-30-36(21)14-20/h1-10,13-14,17,24,30H,11-12,15-16H2,(H,31,40). The molecule has 0 spiro atoms. The van der Waals surface area contributed by atoms with Crippen LogP contribution in [0.1, 0.15) is 5.56 Å². The van der Waals surface area contributed by atoms with Crippen molar-refractivity contribution < 1.29 is 14.4 Å². The van der Waals surface area contributed by atoms with Crippen molar-refractivity contribution >= 4 is 35.0 Å². The molecule has 4 heterocycles. The van der Waals surface area contributed by atoms with Crippen molar-refractivity contribution in [3.8, 4) is 5.69 Å². The van der Waals surface area contributed by atoms with Gasteiger partial charge in [0, 0.05) is 24.2 Å². The Balaban J connectivity index is 1.26. The Hall–Kier alpha value is -4.81. The Morgan fingerprint density at radius 3 is 2.70 bits per heavy atom. The highest BCUT2D eigenvalue weighted by Gasteiger charge is 2.39. The maximum Gasteiger partial charge on any atom is 0.247 e. The molecule has 1 aromatic heterocycles. The highest BCUT2D eigenvalue weighted by Crippen LogP contribution is 2.30. The number of piperazine rings is 1. The second kappa shape index (κ2) is 10.8. The van der Waals surface area contributed by atoms with E-state index in [2.05, 4.69) is 26.3 Å². The molecule has 0 bridgehead atoms. The summed E-state index contributed by atoms with van der Waals surface area (Å²) < 4.78 is 1.39. The Kier molecular flexibility index (Phi) is 6.84. The summed E-state index contributed by atoms with van der Waals surface area (Å²) in [7, 11) is 0. The van der Waals surface area contributed by atoms with Crippen LogP contribution in [0.3, 0.4) is 0 Å². The van der Waals surface area contributed by atoms with Gasteiger partial charge in [0.1, 0.15) is 25.5 Å². The molecule has 40 heavy (non-hydrogen) atoms. The lowest BCUT2D eigenvalue weighted by molar-refractivity contribution is -0.145. The smallest absolute Gasteiger partial charge is 0.247 e. The molecule has 0 saturated carbocycles. The lowest BCUT2D eigenvalue weighted by atomic mass is 10.0. The number of tetrazole rings is 1. The van der Waals surface area contributed by atoms with E-state index in [1.54, 1.807) is 30.5 Å². The first-order valence-corrected chi connectivity index (χ1v) is 12.9. The monoisotopic (exact) mass is 557 g/mol. The van der Waals surface area contributed by atoms with Gasteiger partial charge in [-0.3, -0.25) is 24.3 Å². The first kappa shape index (κ1) is 25.5. The highest BCUT2D eigenvalue weighted by molar-refractivity contribution is 6.31. The molecule has 13 heteroatoms. The van der Waals surface area contributed by atoms with Crippen molar-refractivity contribution in [2.24, 2.45) is 0 Å². The van der Waals surface area contributed by atoms with Gasteiger partial charge >= 0.3 is 0 Å². The number of anilines is 1. The zero-order chi connectivity index (χ0) is 27.6. The van der Waals surface area contributed by atoms with Crippen LogP contribution in [0.5, 0.6) is 0 Å². The zero-order valence-electron chi connectivity index (χ0n) is 21.1. The largest absolute Gasteiger partial charge is 0.323 e. The number of carbonyl (C=O) groups excluding carboxylic acids is 3. The summed E-state index contributed by atoms with van der Waals surface area (Å²) in [5, 5.41) is 16.4. The number of benzene rings is 2. The second-order valence-corrected chi connectivity index (χ2v) is 9.80. The molecular weight excluding hydrogens is 534 g/mol. The van der Waals surface area contributed by atoms with Gasteiger partial charge in [0.25, 0.3) is 0 Å². The summed E-state index contributed by atoms with van der Waals surface area (Å²) in [6, 6.07) is 13.4. The van der Waals surface area contributed by atoms with Crippen LogP contribution in [0.2, 0.25) is 5.02 Å². The molecule has 0 radical (unpaired) electrons. The van der Waals surface area contributed by atoms with Crippen LogP contribution in [-0.4, -0.2) is 73.5 Å². The fourth-order valence-corrected chi connectivity index (χ4v) is 5.03. The number of halogens is 1. The van der Waals surface area contributed by atoms with E-state index in [1.807, 2.05) is 47.5 Å². The first-order chi connectivity index (χ1) is 19.5. The summed E-state index contributed by atoms with van der Waals surface area (Å²) in [6.45, 7) is 0.124. The Morgan fingerprint density at radius 2 is 1.90 bits per heavy atom. The molecule has 3 aliphatic rings. The number of allylic oxidation sites excluding steroid dienone is 2. The Labute approximate surface area is 234 Å². The van der Waals surface area contributed by atoms with Gasteiger partial charge in [-0.2, -0.15) is 4.68 Å². The van der Waals surface area contributed by atoms with E-state index >= 15 is 0 Å². The zero-order valence-corrected chi connectivity index (χ0v) is 21.9. The lowest BCUT2D eigenvalue weighted by Gasteiger charge is -2.38. The van der Waals surface area contributed by atoms with E-state index in [1.165, 1.54) is 20.8 Å². The topological polar surface area (TPSA) is 129 Å². The van der Waals surface area contributed by atoms with Crippen LogP contribution in [0.15, 0.2) is 90.7 Å². The third kappa shape index (κ3) is 5.09. The van der Waals surface area contributed by atoms with E-state index in [0.29, 0.717) is 28.6 Å². The van der Waals surface area contributed by atoms with Crippen LogP contribution in [0.4, 0.5) is 5.69 Å². The number of carbonyl (C=O) groups is 3. The van der Waals surface area contributed by atoms with Crippen LogP contribution in [0.25, 0.3) is 5.69 Å². The third-order valence-corrected chi connectivity index (χ3v) is 7.05. The average molecular weight is 558 g/mol. The van der Waals surface area contributed by atoms with Gasteiger partial charge in [-0.05, 0) is 52.4 Å². The summed E-state index contributed by atoms with van der Waals surface area (Å²) in [5.74, 6) is -1.13. The molecule has 1 unspecified atom stereocenters. The number of hydrazine groups is 1. The van der Waals surface area contributed by atoms with Gasteiger partial charge < -0.3 is 10.2 Å². The van der Waals surface area contributed by atoms with Gasteiger partial charge in [-0.1, -0.05) is 41.9 Å². The molecule has 1 saturated heterocycles. The maximum absolute atomic E-state index is 13.7. The lowest BCUT2D eigenvalue weighted by Crippen LogP contribution is -2.60.